The number of benzene rings is 1. The van der Waals surface area contributed by atoms with Crippen LogP contribution in [0.5, 0.6) is 0 Å². The molecule has 2 aliphatic rings. The molecule has 5 heteroatoms. The Balaban J connectivity index is 1.69. The Labute approximate surface area is 118 Å². The van der Waals surface area contributed by atoms with E-state index in [0.29, 0.717) is 17.7 Å². The Hall–Kier alpha value is -1.72. The van der Waals surface area contributed by atoms with Gasteiger partial charge in [0, 0.05) is 39.3 Å². The van der Waals surface area contributed by atoms with E-state index in [1.807, 2.05) is 13.0 Å². The molecule has 1 N–H and O–H groups in total. The largest absolute Gasteiger partial charge is 0.314 e. The minimum Gasteiger partial charge on any atom is -0.314 e. The zero-order valence-corrected chi connectivity index (χ0v) is 11.7. The summed E-state index contributed by atoms with van der Waals surface area (Å²) in [7, 11) is 0. The van der Waals surface area contributed by atoms with Crippen LogP contribution in [0.3, 0.4) is 0 Å². The van der Waals surface area contributed by atoms with Crippen LogP contribution in [0.25, 0.3) is 0 Å². The standard InChI is InChI=1S/C15H19N3O2/c1-11-2-3-12-13(10-11)15(20)18(14(12)19)9-8-17-6-4-16-5-7-17/h2-3,10,16H,4-9H2,1H3. The van der Waals surface area contributed by atoms with E-state index in [1.54, 1.807) is 12.1 Å². The van der Waals surface area contributed by atoms with E-state index in [1.165, 1.54) is 4.90 Å². The minimum absolute atomic E-state index is 0.149. The van der Waals surface area contributed by atoms with E-state index in [9.17, 15) is 9.59 Å². The van der Waals surface area contributed by atoms with Gasteiger partial charge in [0.2, 0.25) is 0 Å². The molecule has 1 saturated heterocycles. The highest BCUT2D eigenvalue weighted by Gasteiger charge is 2.35. The molecule has 0 saturated carbocycles. The topological polar surface area (TPSA) is 52.7 Å². The van der Waals surface area contributed by atoms with Crippen LogP contribution >= 0.6 is 0 Å². The van der Waals surface area contributed by atoms with Crippen LogP contribution in [0.1, 0.15) is 26.3 Å². The zero-order chi connectivity index (χ0) is 14.1. The molecule has 20 heavy (non-hydrogen) atoms. The second kappa shape index (κ2) is 5.34. The second-order valence-corrected chi connectivity index (χ2v) is 5.40. The molecule has 0 aromatic heterocycles. The van der Waals surface area contributed by atoms with Crippen molar-refractivity contribution >= 4 is 11.8 Å². The summed E-state index contributed by atoms with van der Waals surface area (Å²) in [5, 5.41) is 3.29. The molecular weight excluding hydrogens is 254 g/mol. The molecule has 0 spiro atoms. The molecule has 0 bridgehead atoms. The average Bonchev–Trinajstić information content (AvgIpc) is 2.70. The number of imide groups is 1. The second-order valence-electron chi connectivity index (χ2n) is 5.40. The van der Waals surface area contributed by atoms with Gasteiger partial charge in [-0.05, 0) is 19.1 Å². The Bertz CT molecular complexity index is 550. The van der Waals surface area contributed by atoms with Crippen LogP contribution in [0, 0.1) is 6.92 Å². The SMILES string of the molecule is Cc1ccc2c(c1)C(=O)N(CCN1CCNCC1)C2=O. The molecule has 2 amide bonds. The minimum atomic E-state index is -0.153. The number of hydrogen-bond acceptors (Lipinski definition) is 4. The molecule has 106 valence electrons. The third-order valence-electron chi connectivity index (χ3n) is 3.98. The quantitative estimate of drug-likeness (QED) is 0.815. The van der Waals surface area contributed by atoms with Gasteiger partial charge in [-0.25, -0.2) is 0 Å². The van der Waals surface area contributed by atoms with Crippen molar-refractivity contribution in [3.8, 4) is 0 Å². The van der Waals surface area contributed by atoms with Gasteiger partial charge in [-0.2, -0.15) is 0 Å². The van der Waals surface area contributed by atoms with Gasteiger partial charge in [-0.1, -0.05) is 11.6 Å². The number of carbonyl (C=O) groups is 2. The molecule has 0 radical (unpaired) electrons. The van der Waals surface area contributed by atoms with Crippen molar-refractivity contribution in [1.29, 1.82) is 0 Å². The fraction of sp³-hybridized carbons (Fsp3) is 0.467. The van der Waals surface area contributed by atoms with Crippen LogP contribution in [-0.2, 0) is 0 Å². The predicted molar refractivity (Wildman–Crippen MR) is 75.9 cm³/mol. The summed E-state index contributed by atoms with van der Waals surface area (Å²) in [6.07, 6.45) is 0. The van der Waals surface area contributed by atoms with Gasteiger partial charge in [0.25, 0.3) is 11.8 Å². The number of carbonyl (C=O) groups excluding carboxylic acids is 2. The number of fused-ring (bicyclic) bond motifs is 1. The van der Waals surface area contributed by atoms with E-state index in [4.69, 9.17) is 0 Å². The van der Waals surface area contributed by atoms with Crippen LogP contribution in [0.4, 0.5) is 0 Å². The molecule has 3 rings (SSSR count). The van der Waals surface area contributed by atoms with E-state index in [-0.39, 0.29) is 11.8 Å². The molecule has 0 aliphatic carbocycles. The van der Waals surface area contributed by atoms with Crippen LogP contribution in [0.15, 0.2) is 18.2 Å². The van der Waals surface area contributed by atoms with E-state index < -0.39 is 0 Å². The summed E-state index contributed by atoms with van der Waals surface area (Å²) >= 11 is 0. The number of aryl methyl sites for hydroxylation is 1. The van der Waals surface area contributed by atoms with Crippen molar-refractivity contribution in [2.75, 3.05) is 39.3 Å². The van der Waals surface area contributed by atoms with Gasteiger partial charge in [0.05, 0.1) is 11.1 Å². The maximum absolute atomic E-state index is 12.3. The van der Waals surface area contributed by atoms with Gasteiger partial charge in [0.1, 0.15) is 0 Å². The molecule has 1 fully saturated rings. The number of nitrogens with zero attached hydrogens (tertiary/aromatic N) is 2. The van der Waals surface area contributed by atoms with Gasteiger partial charge < -0.3 is 5.32 Å². The monoisotopic (exact) mass is 273 g/mol. The van der Waals surface area contributed by atoms with Gasteiger partial charge in [-0.15, -0.1) is 0 Å². The summed E-state index contributed by atoms with van der Waals surface area (Å²) < 4.78 is 0. The van der Waals surface area contributed by atoms with E-state index in [0.717, 1.165) is 38.3 Å². The number of hydrogen-bond donors (Lipinski definition) is 1. The lowest BCUT2D eigenvalue weighted by Crippen LogP contribution is -2.47. The molecule has 5 nitrogen and oxygen atoms in total. The third-order valence-corrected chi connectivity index (χ3v) is 3.98. The first-order chi connectivity index (χ1) is 9.66. The molecule has 1 aromatic rings. The smallest absolute Gasteiger partial charge is 0.261 e. The predicted octanol–water partition coefficient (Wildman–Crippen LogP) is 0.496. The van der Waals surface area contributed by atoms with Crippen molar-refractivity contribution in [1.82, 2.24) is 15.1 Å². The van der Waals surface area contributed by atoms with Gasteiger partial charge in [-0.3, -0.25) is 19.4 Å². The van der Waals surface area contributed by atoms with Crippen LogP contribution < -0.4 is 5.32 Å². The van der Waals surface area contributed by atoms with Crippen molar-refractivity contribution in [3.63, 3.8) is 0 Å². The lowest BCUT2D eigenvalue weighted by Gasteiger charge is -2.28. The van der Waals surface area contributed by atoms with Crippen molar-refractivity contribution in [2.45, 2.75) is 6.92 Å². The maximum atomic E-state index is 12.3. The Kier molecular flexibility index (Phi) is 3.54. The number of piperazine rings is 1. The normalized spacial score (nSPS) is 19.6. The van der Waals surface area contributed by atoms with Crippen molar-refractivity contribution in [3.05, 3.63) is 34.9 Å². The molecular formula is C15H19N3O2. The molecule has 1 aromatic carbocycles. The Morgan fingerprint density at radius 1 is 1.05 bits per heavy atom. The highest BCUT2D eigenvalue weighted by atomic mass is 16.2. The first-order valence-electron chi connectivity index (χ1n) is 7.07. The van der Waals surface area contributed by atoms with Gasteiger partial charge >= 0.3 is 0 Å². The fourth-order valence-corrected chi connectivity index (χ4v) is 2.78. The number of rotatable bonds is 3. The summed E-state index contributed by atoms with van der Waals surface area (Å²) in [5.74, 6) is -0.302. The Morgan fingerprint density at radius 2 is 1.75 bits per heavy atom. The molecule has 0 atom stereocenters. The highest BCUT2D eigenvalue weighted by molar-refractivity contribution is 6.21. The van der Waals surface area contributed by atoms with Crippen molar-refractivity contribution < 1.29 is 9.59 Å². The average molecular weight is 273 g/mol. The molecule has 2 heterocycles. The molecule has 2 aliphatic heterocycles. The summed E-state index contributed by atoms with van der Waals surface area (Å²) in [5.41, 5.74) is 2.10. The van der Waals surface area contributed by atoms with Crippen molar-refractivity contribution in [2.24, 2.45) is 0 Å². The summed E-state index contributed by atoms with van der Waals surface area (Å²) in [6, 6.07) is 5.44. The van der Waals surface area contributed by atoms with E-state index >= 15 is 0 Å². The maximum Gasteiger partial charge on any atom is 0.261 e. The van der Waals surface area contributed by atoms with Crippen LogP contribution in [0.2, 0.25) is 0 Å². The lowest BCUT2D eigenvalue weighted by molar-refractivity contribution is 0.0633. The first-order valence-corrected chi connectivity index (χ1v) is 7.07. The fourth-order valence-electron chi connectivity index (χ4n) is 2.78. The summed E-state index contributed by atoms with van der Waals surface area (Å²) in [4.78, 5) is 28.2. The number of amides is 2. The zero-order valence-electron chi connectivity index (χ0n) is 11.7. The highest BCUT2D eigenvalue weighted by Crippen LogP contribution is 2.23. The van der Waals surface area contributed by atoms with Crippen LogP contribution in [-0.4, -0.2) is 60.9 Å². The van der Waals surface area contributed by atoms with E-state index in [2.05, 4.69) is 10.2 Å². The molecule has 0 unspecified atom stereocenters. The first kappa shape index (κ1) is 13.3. The summed E-state index contributed by atoms with van der Waals surface area (Å²) in [6.45, 7) is 7.06. The number of nitrogens with one attached hydrogen (secondary N) is 1. The van der Waals surface area contributed by atoms with Gasteiger partial charge in [0.15, 0.2) is 0 Å². The lowest BCUT2D eigenvalue weighted by atomic mass is 10.1. The third kappa shape index (κ3) is 2.34. The Morgan fingerprint density at radius 3 is 2.50 bits per heavy atom.